The highest BCUT2D eigenvalue weighted by molar-refractivity contribution is 5.45. The Morgan fingerprint density at radius 2 is 1.94 bits per heavy atom. The van der Waals surface area contributed by atoms with Crippen LogP contribution >= 0.6 is 0 Å². The molecule has 2 rings (SSSR count). The molecule has 0 aliphatic rings. The quantitative estimate of drug-likeness (QED) is 0.809. The van der Waals surface area contributed by atoms with Crippen molar-refractivity contribution in [2.24, 2.45) is 0 Å². The largest absolute Gasteiger partial charge is 0.455 e. The highest BCUT2D eigenvalue weighted by Crippen LogP contribution is 2.26. The van der Waals surface area contributed by atoms with Crippen LogP contribution in [0.3, 0.4) is 0 Å². The fourth-order valence-electron chi connectivity index (χ4n) is 1.48. The van der Waals surface area contributed by atoms with Crippen molar-refractivity contribution in [1.29, 1.82) is 0 Å². The number of nitrogens with zero attached hydrogens (tertiary/aromatic N) is 1. The summed E-state index contributed by atoms with van der Waals surface area (Å²) in [4.78, 5) is 4.27. The Morgan fingerprint density at radius 1 is 1.18 bits per heavy atom. The van der Waals surface area contributed by atoms with Crippen molar-refractivity contribution >= 4 is 5.69 Å². The smallest absolute Gasteiger partial charge is 0.149 e. The van der Waals surface area contributed by atoms with Gasteiger partial charge in [0.2, 0.25) is 0 Å². The second kappa shape index (κ2) is 4.41. The average molecular weight is 232 g/mol. The number of aromatic nitrogens is 1. The number of pyridine rings is 1. The van der Waals surface area contributed by atoms with E-state index in [9.17, 15) is 4.39 Å². The summed E-state index contributed by atoms with van der Waals surface area (Å²) in [7, 11) is 0. The van der Waals surface area contributed by atoms with E-state index in [1.165, 1.54) is 12.1 Å². The number of halogens is 1. The van der Waals surface area contributed by atoms with Crippen LogP contribution in [0.5, 0.6) is 11.5 Å². The predicted octanol–water partition coefficient (Wildman–Crippen LogP) is 3.21. The van der Waals surface area contributed by atoms with Crippen LogP contribution in [0.15, 0.2) is 30.3 Å². The van der Waals surface area contributed by atoms with Crippen LogP contribution in [0.25, 0.3) is 0 Å². The van der Waals surface area contributed by atoms with E-state index in [1.54, 1.807) is 6.07 Å². The standard InChI is InChI=1S/C13H13FN2O/c1-8-3-6-13(9(2)16-8)17-10-4-5-12(15)11(14)7-10/h3-7H,15H2,1-2H3. The lowest BCUT2D eigenvalue weighted by Crippen LogP contribution is -1.94. The zero-order valence-electron chi connectivity index (χ0n) is 9.70. The summed E-state index contributed by atoms with van der Waals surface area (Å²) in [5.74, 6) is 0.533. The third kappa shape index (κ3) is 2.53. The molecule has 0 fully saturated rings. The van der Waals surface area contributed by atoms with Crippen molar-refractivity contribution in [2.75, 3.05) is 5.73 Å². The van der Waals surface area contributed by atoms with Gasteiger partial charge in [0.1, 0.15) is 17.3 Å². The minimum absolute atomic E-state index is 0.108. The van der Waals surface area contributed by atoms with Gasteiger partial charge in [0.05, 0.1) is 11.4 Å². The lowest BCUT2D eigenvalue weighted by molar-refractivity contribution is 0.470. The van der Waals surface area contributed by atoms with E-state index < -0.39 is 5.82 Å². The minimum Gasteiger partial charge on any atom is -0.455 e. The SMILES string of the molecule is Cc1ccc(Oc2ccc(N)c(F)c2)c(C)n1. The number of hydrogen-bond donors (Lipinski definition) is 1. The molecule has 0 spiro atoms. The van der Waals surface area contributed by atoms with Crippen molar-refractivity contribution < 1.29 is 9.13 Å². The molecule has 1 aromatic carbocycles. The zero-order valence-corrected chi connectivity index (χ0v) is 9.70. The van der Waals surface area contributed by atoms with Crippen LogP contribution in [-0.4, -0.2) is 4.98 Å². The third-order valence-electron chi connectivity index (χ3n) is 2.38. The number of nitrogen functional groups attached to an aromatic ring is 1. The summed E-state index contributed by atoms with van der Waals surface area (Å²) in [6.45, 7) is 3.75. The normalized spacial score (nSPS) is 10.3. The topological polar surface area (TPSA) is 48.1 Å². The predicted molar refractivity (Wildman–Crippen MR) is 64.6 cm³/mol. The van der Waals surface area contributed by atoms with Crippen LogP contribution in [-0.2, 0) is 0 Å². The number of benzene rings is 1. The summed E-state index contributed by atoms with van der Waals surface area (Å²) in [6, 6.07) is 8.01. The van der Waals surface area contributed by atoms with Crippen LogP contribution in [0.1, 0.15) is 11.4 Å². The lowest BCUT2D eigenvalue weighted by atomic mass is 10.3. The second-order valence-electron chi connectivity index (χ2n) is 3.82. The molecule has 0 saturated heterocycles. The lowest BCUT2D eigenvalue weighted by Gasteiger charge is -2.09. The maximum atomic E-state index is 13.2. The van der Waals surface area contributed by atoms with Gasteiger partial charge in [-0.3, -0.25) is 4.98 Å². The first-order chi connectivity index (χ1) is 8.06. The third-order valence-corrected chi connectivity index (χ3v) is 2.38. The van der Waals surface area contributed by atoms with E-state index in [2.05, 4.69) is 4.98 Å². The van der Waals surface area contributed by atoms with Gasteiger partial charge in [0, 0.05) is 11.8 Å². The van der Waals surface area contributed by atoms with E-state index in [4.69, 9.17) is 10.5 Å². The molecule has 0 aliphatic heterocycles. The Kier molecular flexibility index (Phi) is 2.95. The summed E-state index contributed by atoms with van der Waals surface area (Å²) in [6.07, 6.45) is 0. The second-order valence-corrected chi connectivity index (χ2v) is 3.82. The molecule has 4 heteroatoms. The maximum Gasteiger partial charge on any atom is 0.149 e. The van der Waals surface area contributed by atoms with Crippen molar-refractivity contribution in [3.05, 3.63) is 47.5 Å². The number of hydrogen-bond acceptors (Lipinski definition) is 3. The van der Waals surface area contributed by atoms with Gasteiger partial charge in [0.25, 0.3) is 0 Å². The molecule has 1 aromatic heterocycles. The first-order valence-corrected chi connectivity index (χ1v) is 5.23. The van der Waals surface area contributed by atoms with Gasteiger partial charge in [0.15, 0.2) is 0 Å². The van der Waals surface area contributed by atoms with Crippen LogP contribution in [0.2, 0.25) is 0 Å². The van der Waals surface area contributed by atoms with Crippen LogP contribution in [0.4, 0.5) is 10.1 Å². The molecule has 0 unspecified atom stereocenters. The fraction of sp³-hybridized carbons (Fsp3) is 0.154. The van der Waals surface area contributed by atoms with E-state index in [1.807, 2.05) is 26.0 Å². The van der Waals surface area contributed by atoms with E-state index in [0.29, 0.717) is 11.5 Å². The molecule has 88 valence electrons. The number of anilines is 1. The van der Waals surface area contributed by atoms with E-state index in [-0.39, 0.29) is 5.69 Å². The summed E-state index contributed by atoms with van der Waals surface area (Å²) in [5.41, 5.74) is 7.18. The molecular formula is C13H13FN2O. The monoisotopic (exact) mass is 232 g/mol. The van der Waals surface area contributed by atoms with Crippen molar-refractivity contribution in [2.45, 2.75) is 13.8 Å². The number of rotatable bonds is 2. The first kappa shape index (κ1) is 11.4. The van der Waals surface area contributed by atoms with E-state index >= 15 is 0 Å². The molecule has 0 atom stereocenters. The molecule has 0 amide bonds. The van der Waals surface area contributed by atoms with Gasteiger partial charge in [-0.05, 0) is 38.1 Å². The molecule has 0 aliphatic carbocycles. The van der Waals surface area contributed by atoms with Gasteiger partial charge >= 0.3 is 0 Å². The highest BCUT2D eigenvalue weighted by Gasteiger charge is 2.05. The molecule has 1 heterocycles. The first-order valence-electron chi connectivity index (χ1n) is 5.23. The van der Waals surface area contributed by atoms with Gasteiger partial charge in [-0.2, -0.15) is 0 Å². The Bertz CT molecular complexity index is 555. The van der Waals surface area contributed by atoms with Gasteiger partial charge in [-0.15, -0.1) is 0 Å². The van der Waals surface area contributed by atoms with Gasteiger partial charge in [-0.1, -0.05) is 0 Å². The number of aryl methyl sites for hydroxylation is 2. The summed E-state index contributed by atoms with van der Waals surface area (Å²) in [5, 5.41) is 0. The van der Waals surface area contributed by atoms with Crippen molar-refractivity contribution in [3.63, 3.8) is 0 Å². The van der Waals surface area contributed by atoms with Crippen molar-refractivity contribution in [3.8, 4) is 11.5 Å². The minimum atomic E-state index is -0.486. The summed E-state index contributed by atoms with van der Waals surface area (Å²) >= 11 is 0. The molecule has 2 aromatic rings. The van der Waals surface area contributed by atoms with Gasteiger partial charge in [-0.25, -0.2) is 4.39 Å². The summed E-state index contributed by atoms with van der Waals surface area (Å²) < 4.78 is 18.8. The van der Waals surface area contributed by atoms with Crippen LogP contribution < -0.4 is 10.5 Å². The molecule has 17 heavy (non-hydrogen) atoms. The molecular weight excluding hydrogens is 219 g/mol. The Morgan fingerprint density at radius 3 is 2.59 bits per heavy atom. The van der Waals surface area contributed by atoms with E-state index in [0.717, 1.165) is 11.4 Å². The molecule has 0 saturated carbocycles. The van der Waals surface area contributed by atoms with Gasteiger partial charge < -0.3 is 10.5 Å². The number of nitrogens with two attached hydrogens (primary N) is 1. The zero-order chi connectivity index (χ0) is 12.4. The fourth-order valence-corrected chi connectivity index (χ4v) is 1.48. The Balaban J connectivity index is 2.28. The molecule has 0 bridgehead atoms. The number of ether oxygens (including phenoxy) is 1. The molecule has 2 N–H and O–H groups in total. The Labute approximate surface area is 99.1 Å². The molecule has 3 nitrogen and oxygen atoms in total. The Hall–Kier alpha value is -2.10. The average Bonchev–Trinajstić information content (AvgIpc) is 2.27. The maximum absolute atomic E-state index is 13.2. The van der Waals surface area contributed by atoms with Crippen molar-refractivity contribution in [1.82, 2.24) is 4.98 Å². The highest BCUT2D eigenvalue weighted by atomic mass is 19.1. The van der Waals surface area contributed by atoms with Crippen LogP contribution in [0, 0.1) is 19.7 Å². The molecule has 0 radical (unpaired) electrons.